The number of rotatable bonds is 6. The van der Waals surface area contributed by atoms with Crippen LogP contribution in [0.1, 0.15) is 32.3 Å². The summed E-state index contributed by atoms with van der Waals surface area (Å²) in [4.78, 5) is 4.63. The first-order valence-corrected chi connectivity index (χ1v) is 8.10. The van der Waals surface area contributed by atoms with Gasteiger partial charge >= 0.3 is 0 Å². The van der Waals surface area contributed by atoms with Crippen LogP contribution in [-0.2, 0) is 0 Å². The lowest BCUT2D eigenvalue weighted by Gasteiger charge is -2.18. The third kappa shape index (κ3) is 7.24. The number of benzene rings is 1. The van der Waals surface area contributed by atoms with Crippen LogP contribution in [-0.4, -0.2) is 31.2 Å². The Balaban J connectivity index is 0.00000264. The van der Waals surface area contributed by atoms with E-state index in [0.717, 1.165) is 31.1 Å². The lowest BCUT2D eigenvalue weighted by molar-refractivity contribution is 0.230. The molecule has 0 heterocycles. The van der Waals surface area contributed by atoms with Gasteiger partial charge in [-0.15, -0.1) is 24.0 Å². The average Bonchev–Trinajstić information content (AvgIpc) is 3.00. The number of aryl methyl sites for hydroxylation is 1. The lowest BCUT2D eigenvalue weighted by atomic mass is 10.2. The summed E-state index contributed by atoms with van der Waals surface area (Å²) in [6, 6.07) is 8.59. The standard InChI is InChI=1S/C18H27N3O.HI/c1-4-19-18(21-16-7-5-6-8-16)20-13-15(3)22-17-11-9-14(2)10-12-17;/h5-6,9-12,15-16H,4,7-8,13H2,1-3H3,(H2,19,20,21);1H. The third-order valence-corrected chi connectivity index (χ3v) is 3.56. The second kappa shape index (κ2) is 10.5. The highest BCUT2D eigenvalue weighted by Gasteiger charge is 2.12. The fourth-order valence-electron chi connectivity index (χ4n) is 2.35. The maximum absolute atomic E-state index is 5.89. The first-order chi connectivity index (χ1) is 10.7. The summed E-state index contributed by atoms with van der Waals surface area (Å²) in [5, 5.41) is 6.76. The highest BCUT2D eigenvalue weighted by molar-refractivity contribution is 14.0. The minimum atomic E-state index is 0. The fraction of sp³-hybridized carbons (Fsp3) is 0.500. The molecule has 1 aromatic carbocycles. The van der Waals surface area contributed by atoms with Gasteiger partial charge in [-0.1, -0.05) is 29.8 Å². The summed E-state index contributed by atoms with van der Waals surface area (Å²) in [5.41, 5.74) is 1.24. The molecule has 1 aliphatic carbocycles. The Kier molecular flexibility index (Phi) is 9.06. The van der Waals surface area contributed by atoms with E-state index in [9.17, 15) is 0 Å². The molecule has 0 radical (unpaired) electrons. The quantitative estimate of drug-likeness (QED) is 0.314. The monoisotopic (exact) mass is 429 g/mol. The molecule has 0 aliphatic heterocycles. The van der Waals surface area contributed by atoms with Gasteiger partial charge < -0.3 is 15.4 Å². The predicted octanol–water partition coefficient (Wildman–Crippen LogP) is 3.65. The molecule has 0 spiro atoms. The van der Waals surface area contributed by atoms with Gasteiger partial charge in [-0.3, -0.25) is 0 Å². The normalized spacial score (nSPS) is 15.9. The van der Waals surface area contributed by atoms with Crippen molar-refractivity contribution in [1.29, 1.82) is 0 Å². The predicted molar refractivity (Wildman–Crippen MR) is 108 cm³/mol. The van der Waals surface area contributed by atoms with Crippen molar-refractivity contribution < 1.29 is 4.74 Å². The maximum Gasteiger partial charge on any atom is 0.191 e. The highest BCUT2D eigenvalue weighted by atomic mass is 127. The van der Waals surface area contributed by atoms with E-state index in [0.29, 0.717) is 12.6 Å². The summed E-state index contributed by atoms with van der Waals surface area (Å²) in [6.45, 7) is 7.69. The van der Waals surface area contributed by atoms with Crippen LogP contribution in [0.4, 0.5) is 0 Å². The zero-order valence-electron chi connectivity index (χ0n) is 14.2. The molecule has 2 rings (SSSR count). The van der Waals surface area contributed by atoms with Crippen molar-refractivity contribution in [2.45, 2.75) is 45.8 Å². The third-order valence-electron chi connectivity index (χ3n) is 3.56. The minimum absolute atomic E-state index is 0. The lowest BCUT2D eigenvalue weighted by Crippen LogP contribution is -2.43. The molecule has 1 unspecified atom stereocenters. The Morgan fingerprint density at radius 2 is 1.91 bits per heavy atom. The van der Waals surface area contributed by atoms with Crippen molar-refractivity contribution in [1.82, 2.24) is 10.6 Å². The van der Waals surface area contributed by atoms with Crippen LogP contribution in [0.3, 0.4) is 0 Å². The molecule has 0 bridgehead atoms. The average molecular weight is 429 g/mol. The number of nitrogens with one attached hydrogen (secondary N) is 2. The van der Waals surface area contributed by atoms with Crippen LogP contribution in [0, 0.1) is 6.92 Å². The molecule has 1 aliphatic rings. The molecule has 0 saturated heterocycles. The molecule has 0 amide bonds. The van der Waals surface area contributed by atoms with E-state index in [4.69, 9.17) is 4.74 Å². The smallest absolute Gasteiger partial charge is 0.191 e. The van der Waals surface area contributed by atoms with Gasteiger partial charge in [0.05, 0.1) is 6.54 Å². The largest absolute Gasteiger partial charge is 0.489 e. The van der Waals surface area contributed by atoms with Crippen molar-refractivity contribution in [3.8, 4) is 5.75 Å². The molecular weight excluding hydrogens is 401 g/mol. The van der Waals surface area contributed by atoms with E-state index in [2.05, 4.69) is 53.8 Å². The SMILES string of the molecule is CCNC(=NCC(C)Oc1ccc(C)cc1)NC1CC=CC1.I. The molecule has 0 saturated carbocycles. The summed E-state index contributed by atoms with van der Waals surface area (Å²) in [6.07, 6.45) is 6.61. The minimum Gasteiger partial charge on any atom is -0.489 e. The molecule has 2 N–H and O–H groups in total. The summed E-state index contributed by atoms with van der Waals surface area (Å²) < 4.78 is 5.89. The van der Waals surface area contributed by atoms with E-state index < -0.39 is 0 Å². The van der Waals surface area contributed by atoms with E-state index in [1.807, 2.05) is 19.1 Å². The van der Waals surface area contributed by atoms with Crippen LogP contribution in [0.5, 0.6) is 5.75 Å². The Hall–Kier alpha value is -1.24. The molecule has 1 aromatic rings. The van der Waals surface area contributed by atoms with Gasteiger partial charge in [-0.05, 0) is 45.7 Å². The van der Waals surface area contributed by atoms with Gasteiger partial charge in [0.25, 0.3) is 0 Å². The Morgan fingerprint density at radius 1 is 1.26 bits per heavy atom. The highest BCUT2D eigenvalue weighted by Crippen LogP contribution is 2.13. The van der Waals surface area contributed by atoms with Crippen LogP contribution in [0.2, 0.25) is 0 Å². The Morgan fingerprint density at radius 3 is 2.52 bits per heavy atom. The number of guanidine groups is 1. The summed E-state index contributed by atoms with van der Waals surface area (Å²) >= 11 is 0. The van der Waals surface area contributed by atoms with Gasteiger partial charge in [-0.2, -0.15) is 0 Å². The van der Waals surface area contributed by atoms with Gasteiger partial charge in [0.1, 0.15) is 11.9 Å². The van der Waals surface area contributed by atoms with Crippen molar-refractivity contribution in [3.05, 3.63) is 42.0 Å². The molecule has 1 atom stereocenters. The summed E-state index contributed by atoms with van der Waals surface area (Å²) in [7, 11) is 0. The molecule has 4 nitrogen and oxygen atoms in total. The number of hydrogen-bond donors (Lipinski definition) is 2. The fourth-order valence-corrected chi connectivity index (χ4v) is 2.35. The van der Waals surface area contributed by atoms with Crippen LogP contribution in [0.25, 0.3) is 0 Å². The molecule has 23 heavy (non-hydrogen) atoms. The van der Waals surface area contributed by atoms with Gasteiger partial charge in [0.2, 0.25) is 0 Å². The van der Waals surface area contributed by atoms with Crippen molar-refractivity contribution in [2.75, 3.05) is 13.1 Å². The molecular formula is C18H28IN3O. The van der Waals surface area contributed by atoms with Gasteiger partial charge in [0.15, 0.2) is 5.96 Å². The molecule has 5 heteroatoms. The number of nitrogens with zero attached hydrogens (tertiary/aromatic N) is 1. The van der Waals surface area contributed by atoms with Gasteiger partial charge in [0, 0.05) is 12.6 Å². The molecule has 0 fully saturated rings. The maximum atomic E-state index is 5.89. The second-order valence-corrected chi connectivity index (χ2v) is 5.75. The van der Waals surface area contributed by atoms with Gasteiger partial charge in [-0.25, -0.2) is 4.99 Å². The zero-order valence-corrected chi connectivity index (χ0v) is 16.5. The Labute approximate surface area is 156 Å². The van der Waals surface area contributed by atoms with Crippen LogP contribution >= 0.6 is 24.0 Å². The zero-order chi connectivity index (χ0) is 15.8. The number of halogens is 1. The number of ether oxygens (including phenoxy) is 1. The Bertz CT molecular complexity index is 506. The first kappa shape index (κ1) is 19.8. The number of aliphatic imine (C=N–C) groups is 1. The second-order valence-electron chi connectivity index (χ2n) is 5.75. The molecule has 0 aromatic heterocycles. The first-order valence-electron chi connectivity index (χ1n) is 8.10. The van der Waals surface area contributed by atoms with Crippen molar-refractivity contribution in [3.63, 3.8) is 0 Å². The molecule has 128 valence electrons. The van der Waals surface area contributed by atoms with Crippen LogP contribution < -0.4 is 15.4 Å². The van der Waals surface area contributed by atoms with E-state index in [1.54, 1.807) is 0 Å². The topological polar surface area (TPSA) is 45.7 Å². The van der Waals surface area contributed by atoms with E-state index in [1.165, 1.54) is 5.56 Å². The van der Waals surface area contributed by atoms with Crippen molar-refractivity contribution in [2.24, 2.45) is 4.99 Å². The van der Waals surface area contributed by atoms with E-state index in [-0.39, 0.29) is 30.1 Å². The van der Waals surface area contributed by atoms with Crippen LogP contribution in [0.15, 0.2) is 41.4 Å². The van der Waals surface area contributed by atoms with Crippen molar-refractivity contribution >= 4 is 29.9 Å². The number of hydrogen-bond acceptors (Lipinski definition) is 2. The summed E-state index contributed by atoms with van der Waals surface area (Å²) in [5.74, 6) is 1.77. The van der Waals surface area contributed by atoms with E-state index >= 15 is 0 Å².